The molecule has 17 heavy (non-hydrogen) atoms. The number of halogens is 2. The van der Waals surface area contributed by atoms with E-state index in [0.717, 1.165) is 10.2 Å². The first-order valence-electron chi connectivity index (χ1n) is 5.19. The van der Waals surface area contributed by atoms with Crippen molar-refractivity contribution in [3.63, 3.8) is 0 Å². The van der Waals surface area contributed by atoms with Crippen LogP contribution in [0.4, 0.5) is 15.8 Å². The molecule has 0 spiro atoms. The monoisotopic (exact) mass is 294 g/mol. The largest absolute Gasteiger partial charge is 0.397 e. The van der Waals surface area contributed by atoms with Gasteiger partial charge in [-0.3, -0.25) is 0 Å². The Labute approximate surface area is 108 Å². The number of para-hydroxylation sites is 2. The number of rotatable bonds is 3. The molecule has 2 aromatic rings. The van der Waals surface area contributed by atoms with Crippen LogP contribution in [0.2, 0.25) is 0 Å². The van der Waals surface area contributed by atoms with Crippen LogP contribution < -0.4 is 11.1 Å². The van der Waals surface area contributed by atoms with Crippen molar-refractivity contribution in [2.24, 2.45) is 0 Å². The summed E-state index contributed by atoms with van der Waals surface area (Å²) in [6, 6.07) is 12.3. The van der Waals surface area contributed by atoms with Gasteiger partial charge < -0.3 is 11.1 Å². The molecule has 0 aliphatic heterocycles. The lowest BCUT2D eigenvalue weighted by Crippen LogP contribution is -2.04. The van der Waals surface area contributed by atoms with Crippen LogP contribution in [0.3, 0.4) is 0 Å². The van der Waals surface area contributed by atoms with Crippen LogP contribution in [0.25, 0.3) is 0 Å². The van der Waals surface area contributed by atoms with Gasteiger partial charge in [-0.2, -0.15) is 0 Å². The SMILES string of the molecule is Nc1ccccc1NCc1cc(Br)ccc1F. The van der Waals surface area contributed by atoms with E-state index in [1.165, 1.54) is 6.07 Å². The van der Waals surface area contributed by atoms with Crippen molar-refractivity contribution in [3.8, 4) is 0 Å². The Morgan fingerprint density at radius 1 is 1.18 bits per heavy atom. The summed E-state index contributed by atoms with van der Waals surface area (Å²) in [4.78, 5) is 0. The van der Waals surface area contributed by atoms with Crippen molar-refractivity contribution in [3.05, 3.63) is 58.3 Å². The summed E-state index contributed by atoms with van der Waals surface area (Å²) < 4.78 is 14.3. The molecule has 0 aliphatic carbocycles. The van der Waals surface area contributed by atoms with Gasteiger partial charge in [0.2, 0.25) is 0 Å². The van der Waals surface area contributed by atoms with Crippen LogP contribution >= 0.6 is 15.9 Å². The highest BCUT2D eigenvalue weighted by Crippen LogP contribution is 2.20. The van der Waals surface area contributed by atoms with Gasteiger partial charge >= 0.3 is 0 Å². The first-order chi connectivity index (χ1) is 8.16. The predicted molar refractivity (Wildman–Crippen MR) is 72.3 cm³/mol. The molecule has 2 aromatic carbocycles. The molecule has 2 nitrogen and oxygen atoms in total. The molecule has 88 valence electrons. The first-order valence-corrected chi connectivity index (χ1v) is 5.98. The molecule has 0 aliphatic rings. The summed E-state index contributed by atoms with van der Waals surface area (Å²) in [5.74, 6) is -0.227. The molecule has 0 heterocycles. The van der Waals surface area contributed by atoms with E-state index in [2.05, 4.69) is 21.2 Å². The van der Waals surface area contributed by atoms with Crippen molar-refractivity contribution < 1.29 is 4.39 Å². The van der Waals surface area contributed by atoms with E-state index >= 15 is 0 Å². The van der Waals surface area contributed by atoms with Gasteiger partial charge in [-0.05, 0) is 30.3 Å². The minimum absolute atomic E-state index is 0.227. The van der Waals surface area contributed by atoms with Crippen molar-refractivity contribution in [1.82, 2.24) is 0 Å². The highest BCUT2D eigenvalue weighted by atomic mass is 79.9. The summed E-state index contributed by atoms with van der Waals surface area (Å²) >= 11 is 3.32. The molecule has 3 N–H and O–H groups in total. The third-order valence-electron chi connectivity index (χ3n) is 2.44. The Morgan fingerprint density at radius 2 is 1.94 bits per heavy atom. The fraction of sp³-hybridized carbons (Fsp3) is 0.0769. The van der Waals surface area contributed by atoms with Crippen LogP contribution in [0.1, 0.15) is 5.56 Å². The average Bonchev–Trinajstić information content (AvgIpc) is 2.32. The highest BCUT2D eigenvalue weighted by molar-refractivity contribution is 9.10. The number of hydrogen-bond acceptors (Lipinski definition) is 2. The normalized spacial score (nSPS) is 10.2. The molecule has 0 aromatic heterocycles. The van der Waals surface area contributed by atoms with Crippen LogP contribution in [-0.4, -0.2) is 0 Å². The molecule has 0 atom stereocenters. The summed E-state index contributed by atoms with van der Waals surface area (Å²) in [6.45, 7) is 0.402. The van der Waals surface area contributed by atoms with E-state index < -0.39 is 0 Å². The van der Waals surface area contributed by atoms with Gasteiger partial charge in [0.1, 0.15) is 5.82 Å². The van der Waals surface area contributed by atoms with Crippen molar-refractivity contribution >= 4 is 27.3 Å². The molecule has 4 heteroatoms. The summed E-state index contributed by atoms with van der Waals surface area (Å²) in [7, 11) is 0. The number of anilines is 2. The standard InChI is InChI=1S/C13H12BrFN2/c14-10-5-6-11(15)9(7-10)8-17-13-4-2-1-3-12(13)16/h1-7,17H,8,16H2. The van der Waals surface area contributed by atoms with Gasteiger partial charge in [-0.1, -0.05) is 28.1 Å². The molecule has 0 amide bonds. The fourth-order valence-electron chi connectivity index (χ4n) is 1.53. The molecule has 0 fully saturated rings. The lowest BCUT2D eigenvalue weighted by Gasteiger charge is -2.10. The maximum Gasteiger partial charge on any atom is 0.128 e. The number of hydrogen-bond donors (Lipinski definition) is 2. The van der Waals surface area contributed by atoms with Gasteiger partial charge in [0.25, 0.3) is 0 Å². The Morgan fingerprint density at radius 3 is 2.71 bits per heavy atom. The second kappa shape index (κ2) is 5.19. The Hall–Kier alpha value is -1.55. The van der Waals surface area contributed by atoms with Crippen LogP contribution in [0.5, 0.6) is 0 Å². The number of nitrogens with one attached hydrogen (secondary N) is 1. The van der Waals surface area contributed by atoms with E-state index in [0.29, 0.717) is 17.8 Å². The van der Waals surface area contributed by atoms with Gasteiger partial charge in [0.05, 0.1) is 11.4 Å². The Kier molecular flexibility index (Phi) is 3.64. The number of nitrogen functional groups attached to an aromatic ring is 1. The average molecular weight is 295 g/mol. The smallest absolute Gasteiger partial charge is 0.128 e. The summed E-state index contributed by atoms with van der Waals surface area (Å²) in [6.07, 6.45) is 0. The zero-order chi connectivity index (χ0) is 12.3. The third-order valence-corrected chi connectivity index (χ3v) is 2.93. The fourth-order valence-corrected chi connectivity index (χ4v) is 1.94. The highest BCUT2D eigenvalue weighted by Gasteiger charge is 2.03. The predicted octanol–water partition coefficient (Wildman–Crippen LogP) is 3.78. The van der Waals surface area contributed by atoms with E-state index in [9.17, 15) is 4.39 Å². The van der Waals surface area contributed by atoms with Crippen molar-refractivity contribution in [2.45, 2.75) is 6.54 Å². The Bertz CT molecular complexity index is 529. The molecule has 2 rings (SSSR count). The molecular formula is C13H12BrFN2. The first kappa shape index (κ1) is 11.9. The number of benzene rings is 2. The van der Waals surface area contributed by atoms with E-state index in [-0.39, 0.29) is 5.82 Å². The zero-order valence-corrected chi connectivity index (χ0v) is 10.7. The van der Waals surface area contributed by atoms with Crippen LogP contribution in [-0.2, 0) is 6.54 Å². The molecule has 0 bridgehead atoms. The summed E-state index contributed by atoms with van der Waals surface area (Å²) in [5, 5.41) is 3.11. The quantitative estimate of drug-likeness (QED) is 0.846. The lowest BCUT2D eigenvalue weighted by molar-refractivity contribution is 0.612. The van der Waals surface area contributed by atoms with Crippen molar-refractivity contribution in [1.29, 1.82) is 0 Å². The molecule has 0 saturated carbocycles. The summed E-state index contributed by atoms with van der Waals surface area (Å²) in [5.41, 5.74) is 7.85. The van der Waals surface area contributed by atoms with Gasteiger partial charge in [0.15, 0.2) is 0 Å². The third kappa shape index (κ3) is 2.97. The van der Waals surface area contributed by atoms with Gasteiger partial charge in [-0.15, -0.1) is 0 Å². The second-order valence-electron chi connectivity index (χ2n) is 3.68. The minimum atomic E-state index is -0.227. The van der Waals surface area contributed by atoms with E-state index in [1.54, 1.807) is 18.2 Å². The van der Waals surface area contributed by atoms with Gasteiger partial charge in [0, 0.05) is 16.6 Å². The topological polar surface area (TPSA) is 38.0 Å². The van der Waals surface area contributed by atoms with Crippen LogP contribution in [0.15, 0.2) is 46.9 Å². The maximum atomic E-state index is 13.5. The number of nitrogens with two attached hydrogens (primary N) is 1. The van der Waals surface area contributed by atoms with Crippen molar-refractivity contribution in [2.75, 3.05) is 11.1 Å². The molecule has 0 unspecified atom stereocenters. The molecular weight excluding hydrogens is 283 g/mol. The minimum Gasteiger partial charge on any atom is -0.397 e. The van der Waals surface area contributed by atoms with Crippen LogP contribution in [0, 0.1) is 5.82 Å². The molecule has 0 radical (unpaired) electrons. The lowest BCUT2D eigenvalue weighted by atomic mass is 10.2. The van der Waals surface area contributed by atoms with E-state index in [4.69, 9.17) is 5.73 Å². The maximum absolute atomic E-state index is 13.5. The zero-order valence-electron chi connectivity index (χ0n) is 9.08. The molecule has 0 saturated heterocycles. The van der Waals surface area contributed by atoms with Gasteiger partial charge in [-0.25, -0.2) is 4.39 Å². The second-order valence-corrected chi connectivity index (χ2v) is 4.59. The Balaban J connectivity index is 2.12. The van der Waals surface area contributed by atoms with E-state index in [1.807, 2.05) is 18.2 Å².